The van der Waals surface area contributed by atoms with Gasteiger partial charge in [-0.1, -0.05) is 15.9 Å². The maximum atomic E-state index is 12.1. The molecule has 13 heavy (non-hydrogen) atoms. The number of morpholine rings is 1. The van der Waals surface area contributed by atoms with E-state index in [4.69, 9.17) is 4.74 Å². The van der Waals surface area contributed by atoms with Crippen molar-refractivity contribution in [3.8, 4) is 0 Å². The van der Waals surface area contributed by atoms with E-state index in [0.717, 1.165) is 0 Å². The van der Waals surface area contributed by atoms with Crippen LogP contribution in [0.3, 0.4) is 0 Å². The number of rotatable bonds is 2. The van der Waals surface area contributed by atoms with Crippen LogP contribution in [0.5, 0.6) is 0 Å². The quantitative estimate of drug-likeness (QED) is 0.701. The van der Waals surface area contributed by atoms with E-state index in [9.17, 15) is 13.2 Å². The average Bonchev–Trinajstić information content (AvgIpc) is 2.02. The van der Waals surface area contributed by atoms with Crippen LogP contribution < -0.4 is 0 Å². The third-order valence-corrected chi connectivity index (χ3v) is 2.66. The summed E-state index contributed by atoms with van der Waals surface area (Å²) in [5.74, 6) is 0. The van der Waals surface area contributed by atoms with Crippen LogP contribution in [0.2, 0.25) is 0 Å². The number of halogens is 4. The minimum absolute atomic E-state index is 0.157. The fraction of sp³-hybridized carbons (Fsp3) is 1.00. The minimum Gasteiger partial charge on any atom is -0.378 e. The number of nitrogens with zero attached hydrogens (tertiary/aromatic N) is 1. The molecule has 0 bridgehead atoms. The smallest absolute Gasteiger partial charge is 0.378 e. The highest BCUT2D eigenvalue weighted by Crippen LogP contribution is 2.20. The first kappa shape index (κ1) is 11.3. The molecular weight excluding hydrogens is 251 g/mol. The summed E-state index contributed by atoms with van der Waals surface area (Å²) < 4.78 is 41.2. The van der Waals surface area contributed by atoms with Crippen LogP contribution in [-0.2, 0) is 4.74 Å². The first-order valence-corrected chi connectivity index (χ1v) is 5.09. The van der Waals surface area contributed by atoms with Crippen molar-refractivity contribution in [1.29, 1.82) is 0 Å². The maximum Gasteiger partial charge on any atom is 0.401 e. The van der Waals surface area contributed by atoms with Crippen molar-refractivity contribution in [2.45, 2.75) is 12.2 Å². The van der Waals surface area contributed by atoms with Gasteiger partial charge in [-0.25, -0.2) is 0 Å². The predicted octanol–water partition coefficient (Wildman–Crippen LogP) is 1.64. The molecule has 0 aliphatic carbocycles. The number of alkyl halides is 4. The van der Waals surface area contributed by atoms with Gasteiger partial charge in [-0.2, -0.15) is 13.2 Å². The third kappa shape index (κ3) is 3.83. The van der Waals surface area contributed by atoms with Gasteiger partial charge in [-0.3, -0.25) is 4.90 Å². The number of ether oxygens (including phenoxy) is 1. The Bertz CT molecular complexity index is 164. The molecular formula is C7H11BrF3NO. The Morgan fingerprint density at radius 3 is 2.69 bits per heavy atom. The Balaban J connectivity index is 2.45. The van der Waals surface area contributed by atoms with E-state index in [2.05, 4.69) is 15.9 Å². The van der Waals surface area contributed by atoms with Crippen LogP contribution in [0.25, 0.3) is 0 Å². The SMILES string of the molecule is FC(F)(F)CN1CCOCC1CBr. The van der Waals surface area contributed by atoms with Crippen molar-refractivity contribution in [3.63, 3.8) is 0 Å². The lowest BCUT2D eigenvalue weighted by Gasteiger charge is -2.34. The zero-order chi connectivity index (χ0) is 9.90. The summed E-state index contributed by atoms with van der Waals surface area (Å²) in [6.07, 6.45) is -4.11. The molecule has 0 N–H and O–H groups in total. The second-order valence-electron chi connectivity index (χ2n) is 2.97. The molecule has 2 nitrogen and oxygen atoms in total. The third-order valence-electron chi connectivity index (χ3n) is 1.91. The van der Waals surface area contributed by atoms with E-state index in [0.29, 0.717) is 25.1 Å². The highest BCUT2D eigenvalue weighted by atomic mass is 79.9. The molecule has 0 spiro atoms. The first-order valence-electron chi connectivity index (χ1n) is 3.97. The van der Waals surface area contributed by atoms with Gasteiger partial charge >= 0.3 is 6.18 Å². The van der Waals surface area contributed by atoms with Crippen molar-refractivity contribution < 1.29 is 17.9 Å². The summed E-state index contributed by atoms with van der Waals surface area (Å²) >= 11 is 3.17. The van der Waals surface area contributed by atoms with Crippen LogP contribution in [0.15, 0.2) is 0 Å². The molecule has 0 aromatic rings. The summed E-state index contributed by atoms with van der Waals surface area (Å²) in [4.78, 5) is 1.40. The minimum atomic E-state index is -4.11. The molecule has 6 heteroatoms. The van der Waals surface area contributed by atoms with Gasteiger partial charge in [0.15, 0.2) is 0 Å². The van der Waals surface area contributed by atoms with E-state index in [1.807, 2.05) is 0 Å². The topological polar surface area (TPSA) is 12.5 Å². The molecule has 1 rings (SSSR count). The molecule has 0 aromatic carbocycles. The highest BCUT2D eigenvalue weighted by molar-refractivity contribution is 9.09. The first-order chi connectivity index (χ1) is 6.03. The predicted molar refractivity (Wildman–Crippen MR) is 46.0 cm³/mol. The second-order valence-corrected chi connectivity index (χ2v) is 3.62. The Labute approximate surface area is 83.2 Å². The van der Waals surface area contributed by atoms with Crippen molar-refractivity contribution >= 4 is 15.9 Å². The molecule has 1 aliphatic rings. The lowest BCUT2D eigenvalue weighted by atomic mass is 10.2. The van der Waals surface area contributed by atoms with Gasteiger partial charge in [0.25, 0.3) is 0 Å². The largest absolute Gasteiger partial charge is 0.401 e. The van der Waals surface area contributed by atoms with E-state index in [1.54, 1.807) is 0 Å². The second kappa shape index (κ2) is 4.61. The van der Waals surface area contributed by atoms with Gasteiger partial charge in [-0.05, 0) is 0 Å². The van der Waals surface area contributed by atoms with E-state index in [1.165, 1.54) is 4.90 Å². The maximum absolute atomic E-state index is 12.1. The molecule has 1 fully saturated rings. The fourth-order valence-corrected chi connectivity index (χ4v) is 1.87. The van der Waals surface area contributed by atoms with E-state index < -0.39 is 12.7 Å². The van der Waals surface area contributed by atoms with Crippen LogP contribution >= 0.6 is 15.9 Å². The molecule has 0 radical (unpaired) electrons. The van der Waals surface area contributed by atoms with Crippen molar-refractivity contribution in [2.75, 3.05) is 31.6 Å². The Hall–Kier alpha value is 0.190. The standard InChI is InChI=1S/C7H11BrF3NO/c8-3-6-4-13-2-1-12(6)5-7(9,10)11/h6H,1-5H2. The van der Waals surface area contributed by atoms with Gasteiger partial charge in [0.2, 0.25) is 0 Å². The Morgan fingerprint density at radius 2 is 2.15 bits per heavy atom. The molecule has 0 saturated carbocycles. The zero-order valence-corrected chi connectivity index (χ0v) is 8.57. The van der Waals surface area contributed by atoms with Crippen molar-refractivity contribution in [2.24, 2.45) is 0 Å². The van der Waals surface area contributed by atoms with Crippen molar-refractivity contribution in [1.82, 2.24) is 4.90 Å². The molecule has 78 valence electrons. The van der Waals surface area contributed by atoms with Crippen LogP contribution in [0, 0.1) is 0 Å². The van der Waals surface area contributed by atoms with E-state index >= 15 is 0 Å². The molecule has 1 atom stereocenters. The lowest BCUT2D eigenvalue weighted by molar-refractivity contribution is -0.160. The van der Waals surface area contributed by atoms with Crippen molar-refractivity contribution in [3.05, 3.63) is 0 Å². The lowest BCUT2D eigenvalue weighted by Crippen LogP contribution is -2.50. The van der Waals surface area contributed by atoms with Crippen LogP contribution in [-0.4, -0.2) is 48.8 Å². The molecule has 1 unspecified atom stereocenters. The monoisotopic (exact) mass is 261 g/mol. The summed E-state index contributed by atoms with van der Waals surface area (Å²) in [6, 6.07) is -0.157. The van der Waals surface area contributed by atoms with Gasteiger partial charge in [-0.15, -0.1) is 0 Å². The highest BCUT2D eigenvalue weighted by Gasteiger charge is 2.34. The number of hydrogen-bond donors (Lipinski definition) is 0. The van der Waals surface area contributed by atoms with Crippen LogP contribution in [0.4, 0.5) is 13.2 Å². The average molecular weight is 262 g/mol. The number of hydrogen-bond acceptors (Lipinski definition) is 2. The molecule has 0 amide bonds. The fourth-order valence-electron chi connectivity index (χ4n) is 1.27. The normalized spacial score (nSPS) is 26.3. The summed E-state index contributed by atoms with van der Waals surface area (Å²) in [7, 11) is 0. The van der Waals surface area contributed by atoms with Gasteiger partial charge < -0.3 is 4.74 Å². The molecule has 1 heterocycles. The van der Waals surface area contributed by atoms with Crippen LogP contribution in [0.1, 0.15) is 0 Å². The molecule has 0 aromatic heterocycles. The summed E-state index contributed by atoms with van der Waals surface area (Å²) in [6.45, 7) is 0.281. The molecule has 1 saturated heterocycles. The van der Waals surface area contributed by atoms with Gasteiger partial charge in [0, 0.05) is 17.9 Å². The Morgan fingerprint density at radius 1 is 1.46 bits per heavy atom. The van der Waals surface area contributed by atoms with E-state index in [-0.39, 0.29) is 6.04 Å². The van der Waals surface area contributed by atoms with Gasteiger partial charge in [0.05, 0.1) is 19.8 Å². The zero-order valence-electron chi connectivity index (χ0n) is 6.98. The summed E-state index contributed by atoms with van der Waals surface area (Å²) in [5.41, 5.74) is 0. The van der Waals surface area contributed by atoms with Gasteiger partial charge in [0.1, 0.15) is 0 Å². The Kier molecular flexibility index (Phi) is 4.00. The summed E-state index contributed by atoms with van der Waals surface area (Å²) in [5, 5.41) is 0.517. The molecule has 1 aliphatic heterocycles.